The highest BCUT2D eigenvalue weighted by molar-refractivity contribution is 7.80. The number of thiocarbonyl (C=S) groups is 1. The van der Waals surface area contributed by atoms with Crippen molar-refractivity contribution in [2.75, 3.05) is 12.4 Å². The third kappa shape index (κ3) is 4.81. The van der Waals surface area contributed by atoms with Crippen molar-refractivity contribution in [3.63, 3.8) is 0 Å². The number of amides is 1. The Balaban J connectivity index is 1.22. The Labute approximate surface area is 201 Å². The smallest absolute Gasteiger partial charge is 0.261 e. The molecule has 9 nitrogen and oxygen atoms in total. The molecular formula is C24H22N6O3S. The number of nitrogens with one attached hydrogen (secondary N) is 2. The zero-order valence-electron chi connectivity index (χ0n) is 18.4. The molecule has 172 valence electrons. The van der Waals surface area contributed by atoms with Crippen LogP contribution in [0.2, 0.25) is 0 Å². The van der Waals surface area contributed by atoms with Crippen molar-refractivity contribution < 1.29 is 14.3 Å². The summed E-state index contributed by atoms with van der Waals surface area (Å²) in [6.07, 6.45) is 5.78. The summed E-state index contributed by atoms with van der Waals surface area (Å²) in [5, 5.41) is 5.82. The van der Waals surface area contributed by atoms with Crippen LogP contribution >= 0.6 is 12.2 Å². The van der Waals surface area contributed by atoms with E-state index in [-0.39, 0.29) is 11.0 Å². The van der Waals surface area contributed by atoms with Crippen LogP contribution in [0, 0.1) is 5.92 Å². The number of hydrogen-bond acceptors (Lipinski definition) is 7. The van der Waals surface area contributed by atoms with Crippen molar-refractivity contribution >= 4 is 40.1 Å². The second-order valence-corrected chi connectivity index (χ2v) is 8.33. The third-order valence-corrected chi connectivity index (χ3v) is 5.63. The summed E-state index contributed by atoms with van der Waals surface area (Å²) < 4.78 is 13.2. The number of imidazole rings is 1. The van der Waals surface area contributed by atoms with E-state index in [1.54, 1.807) is 54.9 Å². The Morgan fingerprint density at radius 2 is 1.91 bits per heavy atom. The van der Waals surface area contributed by atoms with Crippen molar-refractivity contribution in [1.82, 2.24) is 24.8 Å². The lowest BCUT2D eigenvalue weighted by molar-refractivity contribution is 0.0975. The molecule has 34 heavy (non-hydrogen) atoms. The molecule has 10 heteroatoms. The number of carbonyl (C=O) groups is 1. The van der Waals surface area contributed by atoms with E-state index < -0.39 is 0 Å². The predicted molar refractivity (Wildman–Crippen MR) is 131 cm³/mol. The van der Waals surface area contributed by atoms with Gasteiger partial charge < -0.3 is 19.4 Å². The van der Waals surface area contributed by atoms with Crippen LogP contribution in [0.25, 0.3) is 11.2 Å². The standard InChI is InChI=1S/C24H22N6O3S/c1-32-19-5-3-2-4-18(19)22(31)29-24(34)28-16-8-10-17(11-9-16)33-23-20-21(25-13-26-23)30(14-27-20)12-15-6-7-15/h2-5,8-11,13-15H,6-7,12H2,1H3,(H2,28,29,31,34). The van der Waals surface area contributed by atoms with Gasteiger partial charge in [0.25, 0.3) is 11.8 Å². The number of anilines is 1. The van der Waals surface area contributed by atoms with Gasteiger partial charge in [-0.2, -0.15) is 4.98 Å². The van der Waals surface area contributed by atoms with Gasteiger partial charge in [0.15, 0.2) is 16.3 Å². The number of benzene rings is 2. The first-order valence-electron chi connectivity index (χ1n) is 10.8. The van der Waals surface area contributed by atoms with Crippen LogP contribution < -0.4 is 20.1 Å². The number of nitrogens with zero attached hydrogens (tertiary/aromatic N) is 4. The monoisotopic (exact) mass is 474 g/mol. The molecule has 5 rings (SSSR count). The fraction of sp³-hybridized carbons (Fsp3) is 0.208. The second kappa shape index (κ2) is 9.44. The fourth-order valence-corrected chi connectivity index (χ4v) is 3.74. The molecule has 1 saturated carbocycles. The highest BCUT2D eigenvalue weighted by atomic mass is 32.1. The van der Waals surface area contributed by atoms with Gasteiger partial charge in [-0.05, 0) is 67.4 Å². The number of rotatable bonds is 7. The molecule has 0 radical (unpaired) electrons. The Bertz CT molecular complexity index is 1350. The van der Waals surface area contributed by atoms with Crippen molar-refractivity contribution in [2.45, 2.75) is 19.4 Å². The predicted octanol–water partition coefficient (Wildman–Crippen LogP) is 4.16. The van der Waals surface area contributed by atoms with E-state index in [0.717, 1.165) is 12.2 Å². The van der Waals surface area contributed by atoms with Gasteiger partial charge in [-0.1, -0.05) is 12.1 Å². The van der Waals surface area contributed by atoms with E-state index in [1.165, 1.54) is 26.3 Å². The number of ether oxygens (including phenoxy) is 2. The van der Waals surface area contributed by atoms with E-state index >= 15 is 0 Å². The summed E-state index contributed by atoms with van der Waals surface area (Å²) >= 11 is 5.28. The zero-order valence-corrected chi connectivity index (χ0v) is 19.2. The third-order valence-electron chi connectivity index (χ3n) is 5.42. The maximum absolute atomic E-state index is 12.5. The summed E-state index contributed by atoms with van der Waals surface area (Å²) in [5.74, 6) is 1.82. The van der Waals surface area contributed by atoms with Gasteiger partial charge in [0.2, 0.25) is 0 Å². The molecule has 1 aliphatic rings. The van der Waals surface area contributed by atoms with Gasteiger partial charge in [-0.3, -0.25) is 10.1 Å². The largest absolute Gasteiger partial charge is 0.496 e. The minimum absolute atomic E-state index is 0.170. The van der Waals surface area contributed by atoms with Crippen molar-refractivity contribution in [3.8, 4) is 17.4 Å². The number of para-hydroxylation sites is 1. The van der Waals surface area contributed by atoms with E-state index in [2.05, 4.69) is 30.2 Å². The summed E-state index contributed by atoms with van der Waals surface area (Å²) in [6.45, 7) is 0.917. The van der Waals surface area contributed by atoms with E-state index in [0.29, 0.717) is 40.1 Å². The Hall–Kier alpha value is -4.05. The van der Waals surface area contributed by atoms with Gasteiger partial charge in [-0.15, -0.1) is 0 Å². The van der Waals surface area contributed by atoms with E-state index in [9.17, 15) is 4.79 Å². The number of hydrogen-bond donors (Lipinski definition) is 2. The molecule has 0 saturated heterocycles. The highest BCUT2D eigenvalue weighted by Gasteiger charge is 2.23. The first-order chi connectivity index (χ1) is 16.6. The van der Waals surface area contributed by atoms with Crippen LogP contribution in [0.15, 0.2) is 61.2 Å². The average Bonchev–Trinajstić information content (AvgIpc) is 3.58. The molecule has 4 aromatic rings. The second-order valence-electron chi connectivity index (χ2n) is 7.93. The summed E-state index contributed by atoms with van der Waals surface area (Å²) in [6, 6.07) is 14.1. The van der Waals surface area contributed by atoms with Crippen molar-refractivity contribution in [3.05, 3.63) is 66.7 Å². The van der Waals surface area contributed by atoms with E-state index in [1.807, 2.05) is 0 Å². The minimum Gasteiger partial charge on any atom is -0.496 e. The molecule has 0 unspecified atom stereocenters. The first kappa shape index (κ1) is 21.8. The Kier molecular flexibility index (Phi) is 6.05. The zero-order chi connectivity index (χ0) is 23.5. The molecular weight excluding hydrogens is 452 g/mol. The molecule has 1 amide bonds. The maximum atomic E-state index is 12.5. The highest BCUT2D eigenvalue weighted by Crippen LogP contribution is 2.32. The van der Waals surface area contributed by atoms with Gasteiger partial charge in [0.1, 0.15) is 17.8 Å². The number of methoxy groups -OCH3 is 1. The lowest BCUT2D eigenvalue weighted by Crippen LogP contribution is -2.34. The lowest BCUT2D eigenvalue weighted by Gasteiger charge is -2.12. The Morgan fingerprint density at radius 3 is 2.68 bits per heavy atom. The van der Waals surface area contributed by atoms with Crippen molar-refractivity contribution in [1.29, 1.82) is 0 Å². The van der Waals surface area contributed by atoms with Gasteiger partial charge in [-0.25, -0.2) is 9.97 Å². The molecule has 0 atom stereocenters. The first-order valence-corrected chi connectivity index (χ1v) is 11.2. The molecule has 1 fully saturated rings. The summed E-state index contributed by atoms with van der Waals surface area (Å²) in [4.78, 5) is 25.6. The summed E-state index contributed by atoms with van der Waals surface area (Å²) in [7, 11) is 1.51. The van der Waals surface area contributed by atoms with Crippen LogP contribution in [0.1, 0.15) is 23.2 Å². The molecule has 0 bridgehead atoms. The average molecular weight is 475 g/mol. The molecule has 2 aromatic carbocycles. The van der Waals surface area contributed by atoms with Gasteiger partial charge >= 0.3 is 0 Å². The van der Waals surface area contributed by atoms with Crippen LogP contribution in [0.3, 0.4) is 0 Å². The molecule has 0 spiro atoms. The fourth-order valence-electron chi connectivity index (χ4n) is 3.53. The number of aromatic nitrogens is 4. The van der Waals surface area contributed by atoms with Crippen molar-refractivity contribution in [2.24, 2.45) is 5.92 Å². The minimum atomic E-state index is -0.358. The SMILES string of the molecule is COc1ccccc1C(=O)NC(=S)Nc1ccc(Oc2ncnc3c2ncn3CC2CC2)cc1. The van der Waals surface area contributed by atoms with Gasteiger partial charge in [0, 0.05) is 12.2 Å². The Morgan fingerprint density at radius 1 is 1.12 bits per heavy atom. The molecule has 2 N–H and O–H groups in total. The molecule has 0 aliphatic heterocycles. The quantitative estimate of drug-likeness (QED) is 0.385. The van der Waals surface area contributed by atoms with Crippen LogP contribution in [-0.4, -0.2) is 37.6 Å². The van der Waals surface area contributed by atoms with Crippen LogP contribution in [0.5, 0.6) is 17.4 Å². The number of carbonyl (C=O) groups excluding carboxylic acids is 1. The van der Waals surface area contributed by atoms with Crippen LogP contribution in [-0.2, 0) is 6.54 Å². The normalized spacial score (nSPS) is 12.9. The molecule has 2 aromatic heterocycles. The van der Waals surface area contributed by atoms with Gasteiger partial charge in [0.05, 0.1) is 19.0 Å². The maximum Gasteiger partial charge on any atom is 0.261 e. The molecule has 2 heterocycles. The summed E-state index contributed by atoms with van der Waals surface area (Å²) in [5.41, 5.74) is 2.49. The van der Waals surface area contributed by atoms with Crippen LogP contribution in [0.4, 0.5) is 5.69 Å². The topological polar surface area (TPSA) is 103 Å². The lowest BCUT2D eigenvalue weighted by atomic mass is 10.2. The van der Waals surface area contributed by atoms with E-state index in [4.69, 9.17) is 21.7 Å². The molecule has 1 aliphatic carbocycles. The number of fused-ring (bicyclic) bond motifs is 1.